The van der Waals surface area contributed by atoms with Gasteiger partial charge in [-0.25, -0.2) is 9.97 Å². The number of thiophene rings is 1. The third-order valence-electron chi connectivity index (χ3n) is 5.19. The average molecular weight is 411 g/mol. The van der Waals surface area contributed by atoms with Gasteiger partial charge in [0.1, 0.15) is 9.84 Å². The van der Waals surface area contributed by atoms with Gasteiger partial charge in [0, 0.05) is 19.5 Å². The Morgan fingerprint density at radius 1 is 1.25 bits per heavy atom. The number of hydrogen-bond donors (Lipinski definition) is 0. The molecule has 8 heteroatoms. The largest absolute Gasteiger partial charge is 0.333 e. The van der Waals surface area contributed by atoms with Gasteiger partial charge in [-0.15, -0.1) is 22.7 Å². The van der Waals surface area contributed by atoms with Crippen LogP contribution >= 0.6 is 22.7 Å². The molecule has 0 N–H and O–H groups in total. The lowest BCUT2D eigenvalue weighted by molar-refractivity contribution is -0.132. The molecule has 0 spiro atoms. The zero-order valence-electron chi connectivity index (χ0n) is 15.1. The van der Waals surface area contributed by atoms with Gasteiger partial charge in [-0.2, -0.15) is 0 Å². The van der Waals surface area contributed by atoms with E-state index in [1.165, 1.54) is 15.9 Å². The molecule has 1 aromatic carbocycles. The SMILES string of the molecule is O=C(CCn1cnc2sccc2c1=O)N1CCCC1c1nc2ccccc2s1. The van der Waals surface area contributed by atoms with E-state index >= 15 is 0 Å². The number of aromatic nitrogens is 3. The smallest absolute Gasteiger partial charge is 0.262 e. The number of para-hydroxylation sites is 1. The summed E-state index contributed by atoms with van der Waals surface area (Å²) in [4.78, 5) is 37.1. The Balaban J connectivity index is 1.33. The molecule has 3 aromatic heterocycles. The summed E-state index contributed by atoms with van der Waals surface area (Å²) in [5, 5.41) is 3.49. The molecule has 4 aromatic rings. The maximum atomic E-state index is 12.9. The van der Waals surface area contributed by atoms with E-state index in [4.69, 9.17) is 4.98 Å². The maximum Gasteiger partial charge on any atom is 0.262 e. The van der Waals surface area contributed by atoms with E-state index in [1.807, 2.05) is 28.5 Å². The molecule has 1 aliphatic heterocycles. The summed E-state index contributed by atoms with van der Waals surface area (Å²) >= 11 is 3.12. The molecule has 1 atom stereocenters. The van der Waals surface area contributed by atoms with E-state index in [1.54, 1.807) is 23.7 Å². The van der Waals surface area contributed by atoms with Crippen LogP contribution < -0.4 is 5.56 Å². The van der Waals surface area contributed by atoms with Crippen LogP contribution in [-0.4, -0.2) is 31.9 Å². The minimum Gasteiger partial charge on any atom is -0.333 e. The molecule has 28 heavy (non-hydrogen) atoms. The van der Waals surface area contributed by atoms with Crippen LogP contribution in [0.3, 0.4) is 0 Å². The molecular weight excluding hydrogens is 392 g/mol. The van der Waals surface area contributed by atoms with E-state index in [0.717, 1.165) is 39.4 Å². The molecule has 1 amide bonds. The molecule has 142 valence electrons. The van der Waals surface area contributed by atoms with Crippen molar-refractivity contribution in [2.75, 3.05) is 6.54 Å². The van der Waals surface area contributed by atoms with Crippen LogP contribution in [0.4, 0.5) is 0 Å². The topological polar surface area (TPSA) is 68.1 Å². The Labute approximate surface area is 169 Å². The van der Waals surface area contributed by atoms with Gasteiger partial charge in [-0.1, -0.05) is 12.1 Å². The first-order valence-electron chi connectivity index (χ1n) is 9.28. The summed E-state index contributed by atoms with van der Waals surface area (Å²) < 4.78 is 2.69. The molecule has 0 radical (unpaired) electrons. The van der Waals surface area contributed by atoms with Crippen LogP contribution in [0.1, 0.15) is 30.3 Å². The molecule has 4 heterocycles. The zero-order chi connectivity index (χ0) is 19.1. The monoisotopic (exact) mass is 410 g/mol. The van der Waals surface area contributed by atoms with Crippen LogP contribution in [0.15, 0.2) is 46.8 Å². The Kier molecular flexibility index (Phi) is 4.44. The summed E-state index contributed by atoms with van der Waals surface area (Å²) in [6.45, 7) is 1.09. The van der Waals surface area contributed by atoms with Crippen molar-refractivity contribution in [1.82, 2.24) is 19.4 Å². The van der Waals surface area contributed by atoms with Gasteiger partial charge in [-0.05, 0) is 36.4 Å². The standard InChI is InChI=1S/C20H18N4O2S2/c25-17(7-10-23-12-21-18-13(20(23)26)8-11-27-18)24-9-3-5-15(24)19-22-14-4-1-2-6-16(14)28-19/h1-2,4,6,8,11-12,15H,3,5,7,9-10H2. The van der Waals surface area contributed by atoms with Gasteiger partial charge in [0.15, 0.2) is 0 Å². The van der Waals surface area contributed by atoms with Crippen molar-refractivity contribution in [1.29, 1.82) is 0 Å². The molecule has 0 bridgehead atoms. The third-order valence-corrected chi connectivity index (χ3v) is 7.14. The van der Waals surface area contributed by atoms with Crippen molar-refractivity contribution in [2.45, 2.75) is 31.8 Å². The lowest BCUT2D eigenvalue weighted by atomic mass is 10.2. The number of rotatable bonds is 4. The van der Waals surface area contributed by atoms with Gasteiger partial charge < -0.3 is 4.90 Å². The second-order valence-corrected chi connectivity index (χ2v) is 8.85. The van der Waals surface area contributed by atoms with Crippen molar-refractivity contribution in [2.24, 2.45) is 0 Å². The first-order chi connectivity index (χ1) is 13.7. The number of carbonyl (C=O) groups is 1. The first-order valence-corrected chi connectivity index (χ1v) is 11.0. The van der Waals surface area contributed by atoms with Gasteiger partial charge in [0.25, 0.3) is 5.56 Å². The normalized spacial score (nSPS) is 17.0. The molecule has 1 fully saturated rings. The molecule has 6 nitrogen and oxygen atoms in total. The second-order valence-electron chi connectivity index (χ2n) is 6.90. The number of fused-ring (bicyclic) bond motifs is 2. The lowest BCUT2D eigenvalue weighted by Crippen LogP contribution is -2.32. The fourth-order valence-corrected chi connectivity index (χ4v) is 5.61. The van der Waals surface area contributed by atoms with Crippen molar-refractivity contribution in [3.8, 4) is 0 Å². The molecular formula is C20H18N4O2S2. The maximum absolute atomic E-state index is 12.9. The van der Waals surface area contributed by atoms with Crippen molar-refractivity contribution < 1.29 is 4.79 Å². The molecule has 5 rings (SSSR count). The Bertz CT molecular complexity index is 1190. The van der Waals surface area contributed by atoms with Crippen molar-refractivity contribution in [3.05, 3.63) is 57.4 Å². The minimum absolute atomic E-state index is 0.0408. The predicted octanol–water partition coefficient (Wildman–Crippen LogP) is 3.82. The van der Waals surface area contributed by atoms with Crippen LogP contribution in [0.25, 0.3) is 20.4 Å². The lowest BCUT2D eigenvalue weighted by Gasteiger charge is -2.23. The van der Waals surface area contributed by atoms with E-state index in [9.17, 15) is 9.59 Å². The summed E-state index contributed by atoms with van der Waals surface area (Å²) in [5.41, 5.74) is 0.909. The van der Waals surface area contributed by atoms with Gasteiger partial charge in [-0.3, -0.25) is 14.2 Å². The zero-order valence-corrected chi connectivity index (χ0v) is 16.7. The Hall–Kier alpha value is -2.58. The van der Waals surface area contributed by atoms with Crippen molar-refractivity contribution in [3.63, 3.8) is 0 Å². The second kappa shape index (κ2) is 7.10. The van der Waals surface area contributed by atoms with E-state index < -0.39 is 0 Å². The number of likely N-dealkylation sites (tertiary alicyclic amines) is 1. The van der Waals surface area contributed by atoms with E-state index in [2.05, 4.69) is 11.1 Å². The fourth-order valence-electron chi connectivity index (χ4n) is 3.77. The fraction of sp³-hybridized carbons (Fsp3) is 0.300. The van der Waals surface area contributed by atoms with Crippen LogP contribution in [0.5, 0.6) is 0 Å². The highest BCUT2D eigenvalue weighted by molar-refractivity contribution is 7.18. The van der Waals surface area contributed by atoms with E-state index in [-0.39, 0.29) is 17.5 Å². The number of carbonyl (C=O) groups excluding carboxylic acids is 1. The predicted molar refractivity (Wildman–Crippen MR) is 112 cm³/mol. The van der Waals surface area contributed by atoms with Crippen molar-refractivity contribution >= 4 is 49.0 Å². The summed E-state index contributed by atoms with van der Waals surface area (Å²) in [6.07, 6.45) is 3.75. The minimum atomic E-state index is -0.0804. The van der Waals surface area contributed by atoms with Gasteiger partial charge in [0.05, 0.1) is 28.0 Å². The van der Waals surface area contributed by atoms with Crippen LogP contribution in [0, 0.1) is 0 Å². The molecule has 0 saturated carbocycles. The third kappa shape index (κ3) is 3.02. The molecule has 1 saturated heterocycles. The number of benzene rings is 1. The number of amides is 1. The number of aryl methyl sites for hydroxylation is 1. The average Bonchev–Trinajstić information content (AvgIpc) is 3.45. The number of nitrogens with zero attached hydrogens (tertiary/aromatic N) is 4. The highest BCUT2D eigenvalue weighted by atomic mass is 32.1. The van der Waals surface area contributed by atoms with Gasteiger partial charge in [0.2, 0.25) is 5.91 Å². The summed E-state index contributed by atoms with van der Waals surface area (Å²) in [6, 6.07) is 9.90. The number of hydrogen-bond acceptors (Lipinski definition) is 6. The van der Waals surface area contributed by atoms with E-state index in [0.29, 0.717) is 18.4 Å². The van der Waals surface area contributed by atoms with Crippen LogP contribution in [-0.2, 0) is 11.3 Å². The molecule has 1 aliphatic rings. The highest BCUT2D eigenvalue weighted by Crippen LogP contribution is 2.36. The first kappa shape index (κ1) is 17.5. The highest BCUT2D eigenvalue weighted by Gasteiger charge is 2.31. The van der Waals surface area contributed by atoms with Gasteiger partial charge >= 0.3 is 0 Å². The summed E-state index contributed by atoms with van der Waals surface area (Å²) in [5.74, 6) is 0.0686. The number of thiazole rings is 1. The quantitative estimate of drug-likeness (QED) is 0.513. The van der Waals surface area contributed by atoms with Crippen LogP contribution in [0.2, 0.25) is 0 Å². The Morgan fingerprint density at radius 2 is 2.14 bits per heavy atom. The summed E-state index contributed by atoms with van der Waals surface area (Å²) in [7, 11) is 0. The molecule has 1 unspecified atom stereocenters. The Morgan fingerprint density at radius 3 is 3.04 bits per heavy atom. The molecule has 0 aliphatic carbocycles.